The molecule has 0 spiro atoms. The standard InChI is InChI=1S/C28H34BN5O9/c1-2-32-10-11-34(26(37)25(32)36)28(40)31-22(17-6-8-19(9-7-17)33-12-14-42-15-13-33)24(35)30-21-16-18-4-3-5-20(27(38)39)23(18)43-29(21)41/h3-9,21-22,28,31,40-41H,2,10-16H2,1H3,(H,30,35)(H,38,39)/t21-,22?,28?/m0/s1. The Morgan fingerprint density at radius 3 is 2.44 bits per heavy atom. The van der Waals surface area contributed by atoms with E-state index in [4.69, 9.17) is 9.39 Å². The van der Waals surface area contributed by atoms with Gasteiger partial charge in [-0.3, -0.25) is 24.6 Å². The van der Waals surface area contributed by atoms with Gasteiger partial charge in [-0.2, -0.15) is 0 Å². The van der Waals surface area contributed by atoms with Gasteiger partial charge in [-0.05, 0) is 42.7 Å². The molecule has 0 radical (unpaired) electrons. The number of aliphatic hydroxyl groups is 1. The van der Waals surface area contributed by atoms with E-state index in [9.17, 15) is 34.4 Å². The number of aromatic carboxylic acids is 1. The largest absolute Gasteiger partial charge is 0.547 e. The lowest BCUT2D eigenvalue weighted by Crippen LogP contribution is -2.62. The maximum atomic E-state index is 13.7. The van der Waals surface area contributed by atoms with Gasteiger partial charge in [0.2, 0.25) is 5.91 Å². The van der Waals surface area contributed by atoms with E-state index in [1.54, 1.807) is 31.2 Å². The molecular formula is C28H34BN5O9. The monoisotopic (exact) mass is 595 g/mol. The van der Waals surface area contributed by atoms with Gasteiger partial charge in [0.25, 0.3) is 0 Å². The van der Waals surface area contributed by atoms with E-state index in [2.05, 4.69) is 15.5 Å². The van der Waals surface area contributed by atoms with Crippen molar-refractivity contribution in [3.8, 4) is 5.75 Å². The number of carbonyl (C=O) groups excluding carboxylic acids is 3. The molecule has 0 aromatic heterocycles. The molecule has 3 amide bonds. The number of carboxylic acids is 1. The number of carbonyl (C=O) groups is 4. The Labute approximate surface area is 248 Å². The molecule has 2 saturated heterocycles. The first-order valence-electron chi connectivity index (χ1n) is 14.1. The van der Waals surface area contributed by atoms with Crippen LogP contribution >= 0.6 is 0 Å². The molecule has 3 heterocycles. The summed E-state index contributed by atoms with van der Waals surface area (Å²) in [5.41, 5.74) is 1.77. The minimum atomic E-state index is -1.67. The molecule has 2 fully saturated rings. The average molecular weight is 595 g/mol. The van der Waals surface area contributed by atoms with Gasteiger partial charge >= 0.3 is 24.9 Å². The summed E-state index contributed by atoms with van der Waals surface area (Å²) in [5, 5.41) is 36.7. The van der Waals surface area contributed by atoms with Crippen LogP contribution in [0.1, 0.15) is 34.5 Å². The molecule has 2 unspecified atom stereocenters. The first-order chi connectivity index (χ1) is 20.7. The molecule has 3 atom stereocenters. The van der Waals surface area contributed by atoms with E-state index in [0.29, 0.717) is 44.0 Å². The summed E-state index contributed by atoms with van der Waals surface area (Å²) >= 11 is 0. The molecule has 43 heavy (non-hydrogen) atoms. The lowest BCUT2D eigenvalue weighted by molar-refractivity contribution is -0.166. The van der Waals surface area contributed by atoms with E-state index in [1.807, 2.05) is 12.1 Å². The van der Waals surface area contributed by atoms with E-state index < -0.39 is 49.1 Å². The summed E-state index contributed by atoms with van der Waals surface area (Å²) in [4.78, 5) is 55.0. The summed E-state index contributed by atoms with van der Waals surface area (Å²) in [6.07, 6.45) is -1.59. The van der Waals surface area contributed by atoms with Crippen molar-refractivity contribution >= 4 is 36.5 Å². The van der Waals surface area contributed by atoms with Gasteiger partial charge in [0.05, 0.1) is 24.7 Å². The zero-order valence-corrected chi connectivity index (χ0v) is 23.6. The summed E-state index contributed by atoms with van der Waals surface area (Å²) in [6, 6.07) is 10.5. The van der Waals surface area contributed by atoms with E-state index in [1.165, 1.54) is 11.0 Å². The van der Waals surface area contributed by atoms with Crippen LogP contribution in [0.15, 0.2) is 42.5 Å². The third-order valence-electron chi connectivity index (χ3n) is 7.88. The predicted molar refractivity (Wildman–Crippen MR) is 153 cm³/mol. The molecule has 0 aliphatic carbocycles. The second-order valence-corrected chi connectivity index (χ2v) is 10.5. The SMILES string of the molecule is CCN1CCN(C(O)NC(C(=O)N[C@H]2Cc3cccc(C(=O)O)c3OB2O)c2ccc(N3CCOCC3)cc2)C(=O)C1=O. The van der Waals surface area contributed by atoms with Crippen molar-refractivity contribution in [2.75, 3.05) is 50.8 Å². The molecule has 3 aliphatic rings. The van der Waals surface area contributed by atoms with E-state index in [-0.39, 0.29) is 30.8 Å². The number of ether oxygens (including phenoxy) is 1. The van der Waals surface area contributed by atoms with Crippen LogP contribution in [0.3, 0.4) is 0 Å². The first-order valence-corrected chi connectivity index (χ1v) is 14.1. The normalized spacial score (nSPS) is 20.3. The number of nitrogens with one attached hydrogen (secondary N) is 2. The van der Waals surface area contributed by atoms with Crippen LogP contribution in [0.25, 0.3) is 0 Å². The summed E-state index contributed by atoms with van der Waals surface area (Å²) in [6.45, 7) is 5.02. The molecule has 2 aromatic carbocycles. The molecule has 2 aromatic rings. The van der Waals surface area contributed by atoms with Gasteiger partial charge in [-0.15, -0.1) is 0 Å². The summed E-state index contributed by atoms with van der Waals surface area (Å²) in [7, 11) is -1.55. The quantitative estimate of drug-likeness (QED) is 0.136. The molecule has 5 N–H and O–H groups in total. The molecule has 15 heteroatoms. The number of amides is 3. The molecule has 5 rings (SSSR count). The minimum Gasteiger partial charge on any atom is -0.534 e. The van der Waals surface area contributed by atoms with Crippen LogP contribution in [-0.4, -0.2) is 114 Å². The van der Waals surface area contributed by atoms with Crippen LogP contribution in [-0.2, 0) is 25.5 Å². The van der Waals surface area contributed by atoms with Crippen LogP contribution in [0.4, 0.5) is 5.69 Å². The number of benzene rings is 2. The van der Waals surface area contributed by atoms with Crippen molar-refractivity contribution in [3.05, 3.63) is 59.2 Å². The van der Waals surface area contributed by atoms with Crippen LogP contribution < -0.4 is 20.2 Å². The van der Waals surface area contributed by atoms with Crippen molar-refractivity contribution in [1.82, 2.24) is 20.4 Å². The average Bonchev–Trinajstić information content (AvgIpc) is 3.01. The van der Waals surface area contributed by atoms with Crippen LogP contribution in [0.2, 0.25) is 0 Å². The highest BCUT2D eigenvalue weighted by Gasteiger charge is 2.41. The maximum Gasteiger partial charge on any atom is 0.547 e. The first kappa shape index (κ1) is 30.3. The number of fused-ring (bicyclic) bond motifs is 1. The molecule has 228 valence electrons. The number of carboxylic acid groups (broad SMARTS) is 1. The number of piperazine rings is 1. The van der Waals surface area contributed by atoms with Crippen molar-refractivity contribution in [2.24, 2.45) is 0 Å². The smallest absolute Gasteiger partial charge is 0.534 e. The van der Waals surface area contributed by atoms with Crippen molar-refractivity contribution < 1.29 is 43.8 Å². The Kier molecular flexibility index (Phi) is 9.15. The van der Waals surface area contributed by atoms with Gasteiger partial charge in [0.15, 0.2) is 6.35 Å². The van der Waals surface area contributed by atoms with Crippen molar-refractivity contribution in [2.45, 2.75) is 31.7 Å². The Morgan fingerprint density at radius 2 is 1.77 bits per heavy atom. The highest BCUT2D eigenvalue weighted by molar-refractivity contribution is 6.47. The van der Waals surface area contributed by atoms with Gasteiger partial charge in [0.1, 0.15) is 11.8 Å². The number of anilines is 1. The van der Waals surface area contributed by atoms with E-state index in [0.717, 1.165) is 10.6 Å². The number of morpholine rings is 1. The Bertz CT molecular complexity index is 1370. The number of hydrogen-bond acceptors (Lipinski definition) is 10. The zero-order chi connectivity index (χ0) is 30.7. The van der Waals surface area contributed by atoms with Gasteiger partial charge in [-0.25, -0.2) is 4.79 Å². The van der Waals surface area contributed by atoms with Crippen LogP contribution in [0.5, 0.6) is 5.75 Å². The number of hydrogen-bond donors (Lipinski definition) is 5. The topological polar surface area (TPSA) is 181 Å². The summed E-state index contributed by atoms with van der Waals surface area (Å²) < 4.78 is 10.9. The Balaban J connectivity index is 1.37. The number of para-hydroxylation sites is 1. The van der Waals surface area contributed by atoms with E-state index >= 15 is 0 Å². The Hall–Kier alpha value is -4.18. The molecule has 3 aliphatic heterocycles. The highest BCUT2D eigenvalue weighted by atomic mass is 16.5. The maximum absolute atomic E-state index is 13.7. The van der Waals surface area contributed by atoms with Crippen molar-refractivity contribution in [3.63, 3.8) is 0 Å². The van der Waals surface area contributed by atoms with Crippen LogP contribution in [0, 0.1) is 0 Å². The molecule has 0 saturated carbocycles. The predicted octanol–water partition coefficient (Wildman–Crippen LogP) is -1.04. The third-order valence-corrected chi connectivity index (χ3v) is 7.88. The number of nitrogens with zero attached hydrogens (tertiary/aromatic N) is 3. The zero-order valence-electron chi connectivity index (χ0n) is 23.6. The second-order valence-electron chi connectivity index (χ2n) is 10.5. The number of aliphatic hydroxyl groups excluding tert-OH is 1. The summed E-state index contributed by atoms with van der Waals surface area (Å²) in [5.74, 6) is -4.41. The fourth-order valence-electron chi connectivity index (χ4n) is 5.47. The Morgan fingerprint density at radius 1 is 1.05 bits per heavy atom. The third kappa shape index (κ3) is 6.44. The molecular weight excluding hydrogens is 561 g/mol. The number of likely N-dealkylation sites (N-methyl/N-ethyl adjacent to an activating group) is 1. The fraction of sp³-hybridized carbons (Fsp3) is 0.429. The molecule has 0 bridgehead atoms. The van der Waals surface area contributed by atoms with Crippen molar-refractivity contribution in [1.29, 1.82) is 0 Å². The minimum absolute atomic E-state index is 0.0335. The highest BCUT2D eigenvalue weighted by Crippen LogP contribution is 2.30. The van der Waals surface area contributed by atoms with Gasteiger partial charge < -0.3 is 39.7 Å². The van der Waals surface area contributed by atoms with Gasteiger partial charge in [0, 0.05) is 38.4 Å². The molecule has 14 nitrogen and oxygen atoms in total. The lowest BCUT2D eigenvalue weighted by atomic mass is 9.72. The second kappa shape index (κ2) is 13.0. The van der Waals surface area contributed by atoms with Gasteiger partial charge in [-0.1, -0.05) is 24.3 Å². The fourth-order valence-corrected chi connectivity index (χ4v) is 5.47. The lowest BCUT2D eigenvalue weighted by Gasteiger charge is -2.37. The number of rotatable bonds is 9.